The Morgan fingerprint density at radius 3 is 2.72 bits per heavy atom. The smallest absolute Gasteiger partial charge is 0.277 e. The zero-order valence-electron chi connectivity index (χ0n) is 13.1. The average molecular weight is 418 g/mol. The first kappa shape index (κ1) is 17.5. The molecule has 0 atom stereocenters. The number of nitrogens with one attached hydrogen (secondary N) is 1. The van der Waals surface area contributed by atoms with Crippen molar-refractivity contribution in [2.75, 3.05) is 6.61 Å². The molecule has 25 heavy (non-hydrogen) atoms. The summed E-state index contributed by atoms with van der Waals surface area (Å²) in [5, 5.41) is 6.82. The number of hydrogen-bond donors (Lipinski definition) is 1. The molecule has 0 aliphatic heterocycles. The highest BCUT2D eigenvalue weighted by molar-refractivity contribution is 9.10. The van der Waals surface area contributed by atoms with E-state index in [1.807, 2.05) is 42.5 Å². The average Bonchev–Trinajstić information content (AvgIpc) is 2.61. The lowest BCUT2D eigenvalue weighted by atomic mass is 10.1. The number of halogens is 2. The molecule has 1 N–H and O–H groups in total. The van der Waals surface area contributed by atoms with Crippen LogP contribution in [-0.4, -0.2) is 18.7 Å². The van der Waals surface area contributed by atoms with Crippen LogP contribution in [0.15, 0.2) is 70.2 Å². The Labute approximate surface area is 158 Å². The van der Waals surface area contributed by atoms with Gasteiger partial charge in [-0.3, -0.25) is 4.79 Å². The van der Waals surface area contributed by atoms with E-state index in [0.29, 0.717) is 15.2 Å². The zero-order valence-corrected chi connectivity index (χ0v) is 15.4. The predicted octanol–water partition coefficient (Wildman–Crippen LogP) is 4.78. The molecule has 126 valence electrons. The first-order valence-corrected chi connectivity index (χ1v) is 8.67. The van der Waals surface area contributed by atoms with Crippen LogP contribution in [0.25, 0.3) is 10.8 Å². The molecule has 1 amide bonds. The van der Waals surface area contributed by atoms with Crippen LogP contribution in [0.2, 0.25) is 5.02 Å². The van der Waals surface area contributed by atoms with E-state index < -0.39 is 0 Å². The fourth-order valence-corrected chi connectivity index (χ4v) is 3.03. The normalized spacial score (nSPS) is 11.0. The van der Waals surface area contributed by atoms with Crippen LogP contribution in [0.3, 0.4) is 0 Å². The minimum absolute atomic E-state index is 0.144. The van der Waals surface area contributed by atoms with Gasteiger partial charge in [-0.2, -0.15) is 5.10 Å². The lowest BCUT2D eigenvalue weighted by molar-refractivity contribution is -0.123. The van der Waals surface area contributed by atoms with Crippen LogP contribution in [0.4, 0.5) is 0 Å². The van der Waals surface area contributed by atoms with E-state index in [-0.39, 0.29) is 12.5 Å². The maximum atomic E-state index is 11.8. The number of carbonyl (C=O) groups excluding carboxylic acids is 1. The Morgan fingerprint density at radius 2 is 1.92 bits per heavy atom. The standard InChI is InChI=1S/C19H14BrClN2O2/c20-17-10-16(21)7-8-18(17)25-12-19(24)23-22-11-13-5-6-14-3-1-2-4-15(14)9-13/h1-11H,12H2,(H,23,24). The summed E-state index contributed by atoms with van der Waals surface area (Å²) >= 11 is 9.19. The summed E-state index contributed by atoms with van der Waals surface area (Å²) in [6.07, 6.45) is 1.60. The summed E-state index contributed by atoms with van der Waals surface area (Å²) in [6, 6.07) is 19.1. The maximum Gasteiger partial charge on any atom is 0.277 e. The molecule has 0 unspecified atom stereocenters. The monoisotopic (exact) mass is 416 g/mol. The van der Waals surface area contributed by atoms with Crippen LogP contribution in [0.1, 0.15) is 5.56 Å². The van der Waals surface area contributed by atoms with Crippen molar-refractivity contribution in [3.8, 4) is 5.75 Å². The van der Waals surface area contributed by atoms with Gasteiger partial charge in [0, 0.05) is 5.02 Å². The van der Waals surface area contributed by atoms with E-state index in [4.69, 9.17) is 16.3 Å². The van der Waals surface area contributed by atoms with Crippen molar-refractivity contribution in [1.29, 1.82) is 0 Å². The molecule has 3 aromatic rings. The van der Waals surface area contributed by atoms with Gasteiger partial charge in [-0.1, -0.05) is 48.0 Å². The molecule has 0 aliphatic carbocycles. The second-order valence-electron chi connectivity index (χ2n) is 5.26. The number of hydrazone groups is 1. The second-order valence-corrected chi connectivity index (χ2v) is 6.55. The summed E-state index contributed by atoms with van der Waals surface area (Å²) in [5.41, 5.74) is 3.35. The number of hydrogen-bond acceptors (Lipinski definition) is 3. The number of amides is 1. The SMILES string of the molecule is O=C(COc1ccc(Cl)cc1Br)NN=Cc1ccc2ccccc2c1. The number of fused-ring (bicyclic) bond motifs is 1. The number of benzene rings is 3. The van der Waals surface area contributed by atoms with E-state index in [2.05, 4.69) is 26.5 Å². The first-order chi connectivity index (χ1) is 12.1. The Hall–Kier alpha value is -2.37. The molecule has 3 rings (SSSR count). The third-order valence-corrected chi connectivity index (χ3v) is 4.28. The van der Waals surface area contributed by atoms with Crippen molar-refractivity contribution < 1.29 is 9.53 Å². The molecule has 0 bridgehead atoms. The van der Waals surface area contributed by atoms with Crippen molar-refractivity contribution in [2.24, 2.45) is 5.10 Å². The molecule has 6 heteroatoms. The third kappa shape index (κ3) is 4.81. The molecular weight excluding hydrogens is 404 g/mol. The van der Waals surface area contributed by atoms with Gasteiger partial charge < -0.3 is 4.74 Å². The molecule has 0 aromatic heterocycles. The van der Waals surface area contributed by atoms with E-state index in [1.54, 1.807) is 24.4 Å². The zero-order chi connectivity index (χ0) is 17.6. The maximum absolute atomic E-state index is 11.8. The van der Waals surface area contributed by atoms with Crippen molar-refractivity contribution >= 4 is 50.4 Å². The van der Waals surface area contributed by atoms with Gasteiger partial charge >= 0.3 is 0 Å². The Kier molecular flexibility index (Phi) is 5.68. The van der Waals surface area contributed by atoms with Crippen molar-refractivity contribution in [3.63, 3.8) is 0 Å². The highest BCUT2D eigenvalue weighted by atomic mass is 79.9. The van der Waals surface area contributed by atoms with Crippen LogP contribution in [-0.2, 0) is 4.79 Å². The van der Waals surface area contributed by atoms with Gasteiger partial charge in [0.2, 0.25) is 0 Å². The van der Waals surface area contributed by atoms with E-state index in [0.717, 1.165) is 16.3 Å². The fraction of sp³-hybridized carbons (Fsp3) is 0.0526. The van der Waals surface area contributed by atoms with Gasteiger partial charge in [-0.15, -0.1) is 0 Å². The van der Waals surface area contributed by atoms with Crippen molar-refractivity contribution in [1.82, 2.24) is 5.43 Å². The third-order valence-electron chi connectivity index (χ3n) is 3.43. The van der Waals surface area contributed by atoms with Crippen LogP contribution < -0.4 is 10.2 Å². The van der Waals surface area contributed by atoms with Gasteiger partial charge in [-0.05, 0) is 56.5 Å². The number of carbonyl (C=O) groups is 1. The molecule has 0 heterocycles. The lowest BCUT2D eigenvalue weighted by Gasteiger charge is -2.07. The molecule has 0 radical (unpaired) electrons. The number of ether oxygens (including phenoxy) is 1. The quantitative estimate of drug-likeness (QED) is 0.479. The van der Waals surface area contributed by atoms with Crippen molar-refractivity contribution in [3.05, 3.63) is 75.7 Å². The minimum Gasteiger partial charge on any atom is -0.483 e. The van der Waals surface area contributed by atoms with Crippen molar-refractivity contribution in [2.45, 2.75) is 0 Å². The summed E-state index contributed by atoms with van der Waals surface area (Å²) in [4.78, 5) is 11.8. The van der Waals surface area contributed by atoms with Gasteiger partial charge in [0.05, 0.1) is 10.7 Å². The largest absolute Gasteiger partial charge is 0.483 e. The molecule has 4 nitrogen and oxygen atoms in total. The summed E-state index contributed by atoms with van der Waals surface area (Å²) in [6.45, 7) is -0.144. The van der Waals surface area contributed by atoms with Crippen LogP contribution in [0, 0.1) is 0 Å². The highest BCUT2D eigenvalue weighted by Crippen LogP contribution is 2.27. The summed E-state index contributed by atoms with van der Waals surface area (Å²) in [5.74, 6) is 0.192. The van der Waals surface area contributed by atoms with Crippen LogP contribution >= 0.6 is 27.5 Å². The highest BCUT2D eigenvalue weighted by Gasteiger charge is 2.05. The van der Waals surface area contributed by atoms with E-state index in [1.165, 1.54) is 0 Å². The van der Waals surface area contributed by atoms with E-state index >= 15 is 0 Å². The minimum atomic E-state index is -0.348. The molecule has 0 spiro atoms. The molecule has 0 aliphatic rings. The summed E-state index contributed by atoms with van der Waals surface area (Å²) in [7, 11) is 0. The molecule has 0 saturated carbocycles. The molecule has 0 fully saturated rings. The Bertz CT molecular complexity index is 944. The Balaban J connectivity index is 1.54. The van der Waals surface area contributed by atoms with Gasteiger partial charge in [0.25, 0.3) is 5.91 Å². The van der Waals surface area contributed by atoms with Crippen LogP contribution in [0.5, 0.6) is 5.75 Å². The first-order valence-electron chi connectivity index (χ1n) is 7.50. The molecule has 3 aromatic carbocycles. The summed E-state index contributed by atoms with van der Waals surface area (Å²) < 4.78 is 6.11. The number of rotatable bonds is 5. The van der Waals surface area contributed by atoms with Gasteiger partial charge in [0.15, 0.2) is 6.61 Å². The topological polar surface area (TPSA) is 50.7 Å². The second kappa shape index (κ2) is 8.14. The molecule has 0 saturated heterocycles. The predicted molar refractivity (Wildman–Crippen MR) is 104 cm³/mol. The Morgan fingerprint density at radius 1 is 1.12 bits per heavy atom. The van der Waals surface area contributed by atoms with Gasteiger partial charge in [0.1, 0.15) is 5.75 Å². The lowest BCUT2D eigenvalue weighted by Crippen LogP contribution is -2.24. The fourth-order valence-electron chi connectivity index (χ4n) is 2.23. The molecular formula is C19H14BrClN2O2. The van der Waals surface area contributed by atoms with Gasteiger partial charge in [-0.25, -0.2) is 5.43 Å². The number of nitrogens with zero attached hydrogens (tertiary/aromatic N) is 1. The van der Waals surface area contributed by atoms with E-state index in [9.17, 15) is 4.79 Å².